The number of carbonyl (C=O) groups excluding carboxylic acids is 1. The molecule has 11 heteroatoms. The number of hydrogen-bond acceptors (Lipinski definition) is 9. The third-order valence-electron chi connectivity index (χ3n) is 11.4. The number of aliphatic hydroxyl groups excluding tert-OH is 1. The highest BCUT2D eigenvalue weighted by atomic mass is 16.6. The zero-order valence-corrected chi connectivity index (χ0v) is 31.2. The number of rotatable bonds is 8. The van der Waals surface area contributed by atoms with Gasteiger partial charge in [0.2, 0.25) is 11.7 Å². The summed E-state index contributed by atoms with van der Waals surface area (Å²) in [6.07, 6.45) is 13.3. The van der Waals surface area contributed by atoms with E-state index in [1.807, 2.05) is 37.4 Å². The van der Waals surface area contributed by atoms with E-state index >= 15 is 0 Å². The van der Waals surface area contributed by atoms with Gasteiger partial charge in [-0.2, -0.15) is 0 Å². The number of allylic oxidation sites excluding steroid dienone is 2. The minimum absolute atomic E-state index is 0.0543. The normalized spacial score (nSPS) is 28.0. The third-order valence-corrected chi connectivity index (χ3v) is 11.4. The number of likely N-dealkylation sites (N-methyl/N-ethyl adjacent to an activating group) is 1. The highest BCUT2D eigenvalue weighted by Gasteiger charge is 2.48. The molecule has 2 aromatic carbocycles. The van der Waals surface area contributed by atoms with Crippen molar-refractivity contribution in [3.63, 3.8) is 0 Å². The highest BCUT2D eigenvalue weighted by Crippen LogP contribution is 2.50. The Labute approximate surface area is 312 Å². The predicted molar refractivity (Wildman–Crippen MR) is 204 cm³/mol. The van der Waals surface area contributed by atoms with Gasteiger partial charge < -0.3 is 39.8 Å². The van der Waals surface area contributed by atoms with Crippen molar-refractivity contribution in [2.75, 3.05) is 40.2 Å². The number of anilines is 1. The summed E-state index contributed by atoms with van der Waals surface area (Å²) in [6.45, 7) is 0.603. The van der Waals surface area contributed by atoms with E-state index in [0.29, 0.717) is 74.0 Å². The number of nitrogens with one attached hydrogen (secondary N) is 3. The highest BCUT2D eigenvalue weighted by molar-refractivity contribution is 5.97. The maximum Gasteiger partial charge on any atom is 0.207 e. The van der Waals surface area contributed by atoms with Crippen molar-refractivity contribution in [2.24, 2.45) is 28.2 Å². The number of hydrogen-bond donors (Lipinski definition) is 5. The minimum Gasteiger partial charge on any atom is -0.504 e. The van der Waals surface area contributed by atoms with Gasteiger partial charge in [0.05, 0.1) is 12.8 Å². The molecular weight excluding hydrogens is 672 g/mol. The fraction of sp³-hybridized carbons (Fsp3) is 0.524. The van der Waals surface area contributed by atoms with Crippen molar-refractivity contribution in [3.05, 3.63) is 53.6 Å². The molecule has 0 aromatic heterocycles. The smallest absolute Gasteiger partial charge is 0.207 e. The summed E-state index contributed by atoms with van der Waals surface area (Å²) in [6, 6.07) is 12.4. The van der Waals surface area contributed by atoms with E-state index in [0.717, 1.165) is 43.2 Å². The molecule has 2 aliphatic heterocycles. The second-order valence-electron chi connectivity index (χ2n) is 14.8. The molecule has 6 atom stereocenters. The van der Waals surface area contributed by atoms with E-state index in [-0.39, 0.29) is 29.3 Å². The van der Waals surface area contributed by atoms with E-state index in [1.54, 1.807) is 19.2 Å². The number of aromatic hydroxyl groups is 1. The molecule has 5 N–H and O–H groups in total. The topological polar surface area (TPSA) is 143 Å². The molecule has 4 aliphatic rings. The van der Waals surface area contributed by atoms with E-state index < -0.39 is 17.3 Å². The maximum absolute atomic E-state index is 14.3. The van der Waals surface area contributed by atoms with Gasteiger partial charge in [0.25, 0.3) is 0 Å². The van der Waals surface area contributed by atoms with Crippen LogP contribution in [0.1, 0.15) is 68.9 Å². The van der Waals surface area contributed by atoms with Gasteiger partial charge in [0, 0.05) is 51.4 Å². The number of aliphatic imine (C=N–C) groups is 1. The molecule has 0 radical (unpaired) electrons. The first kappa shape index (κ1) is 38.1. The van der Waals surface area contributed by atoms with Gasteiger partial charge in [-0.15, -0.1) is 0 Å². The summed E-state index contributed by atoms with van der Waals surface area (Å²) in [5, 5.41) is 30.5. The van der Waals surface area contributed by atoms with Gasteiger partial charge in [0.1, 0.15) is 11.7 Å². The number of ether oxygens (including phenoxy) is 4. The van der Waals surface area contributed by atoms with Crippen molar-refractivity contribution < 1.29 is 34.0 Å². The van der Waals surface area contributed by atoms with E-state index in [2.05, 4.69) is 44.9 Å². The summed E-state index contributed by atoms with van der Waals surface area (Å²) in [5.74, 6) is 8.95. The zero-order chi connectivity index (χ0) is 37.4. The van der Waals surface area contributed by atoms with Crippen molar-refractivity contribution in [2.45, 2.75) is 82.5 Å². The van der Waals surface area contributed by atoms with E-state index in [9.17, 15) is 15.0 Å². The SMILES string of the molecule is CN=C1NC#CCC2CCCC2(Cc2ccc(O)c(OC)c2)C(=O)C=CCCc2cc(c3c(c2)OC2(CNC)CC(CC#CO3)C(CC(O)OC)C2)N1. The number of phenolic OH excluding ortho intramolecular Hbond substituents is 1. The minimum atomic E-state index is -0.856. The Bertz CT molecular complexity index is 1840. The van der Waals surface area contributed by atoms with Gasteiger partial charge in [-0.1, -0.05) is 30.4 Å². The van der Waals surface area contributed by atoms with Gasteiger partial charge in [0.15, 0.2) is 29.3 Å². The fourth-order valence-corrected chi connectivity index (χ4v) is 8.84. The largest absolute Gasteiger partial charge is 0.504 e. The lowest BCUT2D eigenvalue weighted by Crippen LogP contribution is -2.43. The Morgan fingerprint density at radius 3 is 2.83 bits per heavy atom. The Kier molecular flexibility index (Phi) is 12.2. The number of aryl methyl sites for hydroxylation is 1. The average Bonchev–Trinajstić information content (AvgIpc) is 3.70. The molecule has 6 unspecified atom stereocenters. The quantitative estimate of drug-likeness (QED) is 0.180. The van der Waals surface area contributed by atoms with Crippen LogP contribution in [0, 0.1) is 47.2 Å². The first-order chi connectivity index (χ1) is 25.7. The van der Waals surface area contributed by atoms with Crippen LogP contribution in [-0.4, -0.2) is 68.7 Å². The van der Waals surface area contributed by atoms with E-state index in [4.69, 9.17) is 18.9 Å². The molecule has 2 aliphatic carbocycles. The maximum atomic E-state index is 14.3. The first-order valence-corrected chi connectivity index (χ1v) is 18.6. The zero-order valence-electron chi connectivity index (χ0n) is 31.2. The summed E-state index contributed by atoms with van der Waals surface area (Å²) >= 11 is 0. The van der Waals surface area contributed by atoms with Gasteiger partial charge in [-0.3, -0.25) is 15.1 Å². The van der Waals surface area contributed by atoms with Crippen LogP contribution in [0.4, 0.5) is 5.69 Å². The van der Waals surface area contributed by atoms with Crippen molar-refractivity contribution >= 4 is 17.4 Å². The number of carbonyl (C=O) groups is 1. The molecule has 2 saturated carbocycles. The van der Waals surface area contributed by atoms with Crippen molar-refractivity contribution in [1.82, 2.24) is 10.6 Å². The van der Waals surface area contributed by atoms with Gasteiger partial charge in [-0.25, -0.2) is 0 Å². The summed E-state index contributed by atoms with van der Waals surface area (Å²) in [7, 11) is 6.65. The number of methoxy groups -OCH3 is 2. The lowest BCUT2D eigenvalue weighted by atomic mass is 9.69. The van der Waals surface area contributed by atoms with Crippen LogP contribution >= 0.6 is 0 Å². The van der Waals surface area contributed by atoms with Crippen molar-refractivity contribution in [3.8, 4) is 47.0 Å². The molecule has 11 nitrogen and oxygen atoms in total. The lowest BCUT2D eigenvalue weighted by Gasteiger charge is -2.33. The number of guanidine groups is 1. The number of fused-ring (bicyclic) bond motifs is 7. The molecule has 2 fully saturated rings. The molecular formula is C42H52N4O7. The van der Waals surface area contributed by atoms with Crippen LogP contribution in [0.15, 0.2) is 47.5 Å². The standard InChI is InChI=1S/C42H52N4O7/c1-43-27-41-25-30(31(26-41)23-38(49)51-4)11-9-19-52-39-33-20-28(21-36(39)53-41)10-5-6-14-37(48)42(24-29-15-16-34(47)35(22-29)50-3)17-7-12-32(42)13-8-18-45-40(44-2)46-33/h6,14-16,20-22,30-32,38,43,47,49H,5,7,10-13,17,23-27H2,1-4H3,(H2,44,45,46). The average molecular weight is 725 g/mol. The van der Waals surface area contributed by atoms with E-state index in [1.165, 1.54) is 14.2 Å². The molecule has 0 spiro atoms. The fourth-order valence-electron chi connectivity index (χ4n) is 8.84. The van der Waals surface area contributed by atoms with Crippen LogP contribution in [0.25, 0.3) is 0 Å². The number of benzene rings is 2. The second-order valence-corrected chi connectivity index (χ2v) is 14.8. The Balaban J connectivity index is 1.34. The second kappa shape index (κ2) is 17.0. The van der Waals surface area contributed by atoms with Crippen molar-refractivity contribution in [1.29, 1.82) is 0 Å². The number of ketones is 1. The lowest BCUT2D eigenvalue weighted by molar-refractivity contribution is -0.125. The molecule has 4 bridgehead atoms. The van der Waals surface area contributed by atoms with Crippen LogP contribution in [0.5, 0.6) is 23.0 Å². The van der Waals surface area contributed by atoms with Crippen LogP contribution in [0.2, 0.25) is 0 Å². The first-order valence-electron chi connectivity index (χ1n) is 18.6. The number of aliphatic hydroxyl groups is 1. The third kappa shape index (κ3) is 8.60. The Morgan fingerprint density at radius 1 is 1.17 bits per heavy atom. The molecule has 6 rings (SSSR count). The molecule has 282 valence electrons. The van der Waals surface area contributed by atoms with Crippen LogP contribution in [-0.2, 0) is 22.4 Å². The number of phenols is 1. The summed E-state index contributed by atoms with van der Waals surface area (Å²) < 4.78 is 23.8. The number of nitrogens with zero attached hydrogens (tertiary/aromatic N) is 1. The predicted octanol–water partition coefficient (Wildman–Crippen LogP) is 5.30. The molecule has 0 saturated heterocycles. The molecule has 0 amide bonds. The van der Waals surface area contributed by atoms with Gasteiger partial charge >= 0.3 is 0 Å². The van der Waals surface area contributed by atoms with Crippen LogP contribution in [0.3, 0.4) is 0 Å². The Hall–Kier alpha value is -4.68. The molecule has 53 heavy (non-hydrogen) atoms. The molecule has 2 aromatic rings. The van der Waals surface area contributed by atoms with Crippen LogP contribution < -0.4 is 30.2 Å². The molecule has 2 heterocycles. The monoisotopic (exact) mass is 724 g/mol. The summed E-state index contributed by atoms with van der Waals surface area (Å²) in [4.78, 5) is 18.7. The van der Waals surface area contributed by atoms with Gasteiger partial charge in [-0.05, 0) is 111 Å². The Morgan fingerprint density at radius 2 is 2.04 bits per heavy atom. The summed E-state index contributed by atoms with van der Waals surface area (Å²) in [5.41, 5.74) is 1.37.